The number of hydrogen-bond acceptors (Lipinski definition) is 5. The second-order valence-electron chi connectivity index (χ2n) is 10.2. The average molecular weight is 402 g/mol. The number of amides is 1. The monoisotopic (exact) mass is 401 g/mol. The van der Waals surface area contributed by atoms with Crippen LogP contribution in [0.4, 0.5) is 5.95 Å². The molecule has 0 aliphatic carbocycles. The van der Waals surface area contributed by atoms with Crippen LogP contribution < -0.4 is 10.2 Å². The number of nitrogens with zero attached hydrogens (tertiary/aromatic N) is 4. The van der Waals surface area contributed by atoms with Crippen molar-refractivity contribution in [1.82, 2.24) is 20.2 Å². The van der Waals surface area contributed by atoms with Gasteiger partial charge in [0.1, 0.15) is 0 Å². The molecular weight excluding hydrogens is 362 g/mol. The Hall–Kier alpha value is -1.69. The zero-order valence-electron chi connectivity index (χ0n) is 18.9. The molecule has 0 spiro atoms. The van der Waals surface area contributed by atoms with Gasteiger partial charge in [-0.2, -0.15) is 0 Å². The van der Waals surface area contributed by atoms with Crippen molar-refractivity contribution in [3.05, 3.63) is 18.5 Å². The Morgan fingerprint density at radius 3 is 2.48 bits per heavy atom. The number of aromatic nitrogens is 2. The van der Waals surface area contributed by atoms with E-state index in [0.29, 0.717) is 11.9 Å². The first kappa shape index (κ1) is 22.0. The lowest BCUT2D eigenvalue weighted by molar-refractivity contribution is -0.140. The fourth-order valence-corrected chi connectivity index (χ4v) is 5.34. The van der Waals surface area contributed by atoms with E-state index in [-0.39, 0.29) is 17.0 Å². The first-order valence-electron chi connectivity index (χ1n) is 11.3. The minimum Gasteiger partial charge on any atom is -0.340 e. The number of anilines is 1. The quantitative estimate of drug-likeness (QED) is 0.789. The summed E-state index contributed by atoms with van der Waals surface area (Å²) in [5, 5.41) is 3.76. The predicted octanol–water partition coefficient (Wildman–Crippen LogP) is 3.63. The van der Waals surface area contributed by atoms with Gasteiger partial charge in [0, 0.05) is 49.1 Å². The number of carbonyl (C=O) groups is 1. The van der Waals surface area contributed by atoms with Crippen LogP contribution in [0, 0.1) is 5.92 Å². The molecule has 2 aliphatic heterocycles. The van der Waals surface area contributed by atoms with Crippen LogP contribution in [0.3, 0.4) is 0 Å². The fraction of sp³-hybridized carbons (Fsp3) is 0.783. The third kappa shape index (κ3) is 5.68. The zero-order valence-corrected chi connectivity index (χ0v) is 18.9. The molecule has 2 saturated heterocycles. The van der Waals surface area contributed by atoms with Crippen LogP contribution in [-0.2, 0) is 4.79 Å². The van der Waals surface area contributed by atoms with Crippen LogP contribution >= 0.6 is 0 Å². The van der Waals surface area contributed by atoms with Gasteiger partial charge >= 0.3 is 0 Å². The Bertz CT molecular complexity index is 659. The third-order valence-corrected chi connectivity index (χ3v) is 6.25. The van der Waals surface area contributed by atoms with E-state index in [2.05, 4.69) is 59.7 Å². The standard InChI is InChI=1S/C23H39N5O/c1-6-7-14-28(19-15-22(2,3)26-23(4,5)16-19)20(29)18-10-8-13-27(17-18)21-24-11-9-12-25-21/h9,11-12,18-19,26H,6-8,10,13-17H2,1-5H3. The number of hydrogen-bond donors (Lipinski definition) is 1. The first-order chi connectivity index (χ1) is 13.7. The van der Waals surface area contributed by atoms with E-state index in [4.69, 9.17) is 0 Å². The van der Waals surface area contributed by atoms with Gasteiger partial charge in [-0.1, -0.05) is 13.3 Å². The normalized spacial score (nSPS) is 24.3. The maximum Gasteiger partial charge on any atom is 0.227 e. The van der Waals surface area contributed by atoms with Crippen LogP contribution in [0.5, 0.6) is 0 Å². The number of carbonyl (C=O) groups excluding carboxylic acids is 1. The van der Waals surface area contributed by atoms with E-state index in [1.807, 2.05) is 6.07 Å². The van der Waals surface area contributed by atoms with Crippen molar-refractivity contribution < 1.29 is 4.79 Å². The van der Waals surface area contributed by atoms with E-state index in [1.54, 1.807) is 12.4 Å². The molecule has 29 heavy (non-hydrogen) atoms. The molecule has 3 rings (SSSR count). The Morgan fingerprint density at radius 1 is 1.21 bits per heavy atom. The summed E-state index contributed by atoms with van der Waals surface area (Å²) in [6.45, 7) is 13.8. The van der Waals surface area contributed by atoms with Gasteiger partial charge in [0.2, 0.25) is 11.9 Å². The molecule has 1 aromatic heterocycles. The zero-order chi connectivity index (χ0) is 21.1. The molecule has 0 aromatic carbocycles. The van der Waals surface area contributed by atoms with Crippen LogP contribution in [0.2, 0.25) is 0 Å². The van der Waals surface area contributed by atoms with E-state index in [0.717, 1.165) is 64.1 Å². The molecule has 2 fully saturated rings. The summed E-state index contributed by atoms with van der Waals surface area (Å²) in [4.78, 5) is 27.0. The Morgan fingerprint density at radius 2 is 1.86 bits per heavy atom. The van der Waals surface area contributed by atoms with Gasteiger partial charge in [-0.05, 0) is 65.9 Å². The van der Waals surface area contributed by atoms with Crippen LogP contribution in [0.15, 0.2) is 18.5 Å². The summed E-state index contributed by atoms with van der Waals surface area (Å²) in [7, 11) is 0. The molecule has 162 valence electrons. The number of unbranched alkanes of at least 4 members (excludes halogenated alkanes) is 1. The van der Waals surface area contributed by atoms with Crippen molar-refractivity contribution in [3.8, 4) is 0 Å². The molecular formula is C23H39N5O. The molecule has 2 aliphatic rings. The average Bonchev–Trinajstić information content (AvgIpc) is 2.66. The smallest absolute Gasteiger partial charge is 0.227 e. The van der Waals surface area contributed by atoms with Gasteiger partial charge in [0.05, 0.1) is 5.92 Å². The highest BCUT2D eigenvalue weighted by atomic mass is 16.2. The van der Waals surface area contributed by atoms with Gasteiger partial charge in [0.25, 0.3) is 0 Å². The molecule has 0 saturated carbocycles. The minimum absolute atomic E-state index is 0.0329. The first-order valence-corrected chi connectivity index (χ1v) is 11.3. The van der Waals surface area contributed by atoms with Gasteiger partial charge in [-0.25, -0.2) is 9.97 Å². The summed E-state index contributed by atoms with van der Waals surface area (Å²) in [5.41, 5.74) is 0.0707. The molecule has 1 amide bonds. The van der Waals surface area contributed by atoms with E-state index >= 15 is 0 Å². The molecule has 3 heterocycles. The number of rotatable bonds is 6. The summed E-state index contributed by atoms with van der Waals surface area (Å²) in [6, 6.07) is 2.13. The Kier molecular flexibility index (Phi) is 6.82. The molecule has 6 heteroatoms. The number of piperidine rings is 2. The van der Waals surface area contributed by atoms with E-state index in [1.165, 1.54) is 0 Å². The third-order valence-electron chi connectivity index (χ3n) is 6.25. The second-order valence-corrected chi connectivity index (χ2v) is 10.2. The lowest BCUT2D eigenvalue weighted by Gasteiger charge is -2.50. The minimum atomic E-state index is 0.0329. The van der Waals surface area contributed by atoms with Crippen molar-refractivity contribution in [2.45, 2.75) is 90.3 Å². The SMILES string of the molecule is CCCCN(C(=O)C1CCCN(c2ncccn2)C1)C1CC(C)(C)NC(C)(C)C1. The molecule has 1 aromatic rings. The fourth-order valence-electron chi connectivity index (χ4n) is 5.34. The lowest BCUT2D eigenvalue weighted by atomic mass is 9.78. The summed E-state index contributed by atoms with van der Waals surface area (Å²) in [6.07, 6.45) is 9.71. The highest BCUT2D eigenvalue weighted by molar-refractivity contribution is 5.80. The molecule has 1 unspecified atom stereocenters. The van der Waals surface area contributed by atoms with Crippen molar-refractivity contribution in [1.29, 1.82) is 0 Å². The van der Waals surface area contributed by atoms with Crippen LogP contribution in [0.1, 0.15) is 73.1 Å². The molecule has 1 atom stereocenters. The van der Waals surface area contributed by atoms with Gasteiger partial charge in [-0.3, -0.25) is 4.79 Å². The maximum absolute atomic E-state index is 13.7. The van der Waals surface area contributed by atoms with Gasteiger partial charge < -0.3 is 15.1 Å². The summed E-state index contributed by atoms with van der Waals surface area (Å²) in [5.74, 6) is 1.11. The van der Waals surface area contributed by atoms with Crippen molar-refractivity contribution in [2.24, 2.45) is 5.92 Å². The van der Waals surface area contributed by atoms with Crippen molar-refractivity contribution in [2.75, 3.05) is 24.5 Å². The summed E-state index contributed by atoms with van der Waals surface area (Å²) < 4.78 is 0. The van der Waals surface area contributed by atoms with Crippen LogP contribution in [-0.4, -0.2) is 57.5 Å². The largest absolute Gasteiger partial charge is 0.340 e. The van der Waals surface area contributed by atoms with Crippen molar-refractivity contribution in [3.63, 3.8) is 0 Å². The topological polar surface area (TPSA) is 61.4 Å². The van der Waals surface area contributed by atoms with E-state index in [9.17, 15) is 4.79 Å². The van der Waals surface area contributed by atoms with E-state index < -0.39 is 0 Å². The van der Waals surface area contributed by atoms with Gasteiger partial charge in [-0.15, -0.1) is 0 Å². The van der Waals surface area contributed by atoms with Crippen molar-refractivity contribution >= 4 is 11.9 Å². The number of nitrogens with one attached hydrogen (secondary N) is 1. The molecule has 1 N–H and O–H groups in total. The molecule has 0 radical (unpaired) electrons. The maximum atomic E-state index is 13.7. The predicted molar refractivity (Wildman–Crippen MR) is 118 cm³/mol. The second kappa shape index (κ2) is 8.99. The Balaban J connectivity index is 1.76. The highest BCUT2D eigenvalue weighted by Crippen LogP contribution is 2.33. The van der Waals surface area contributed by atoms with Crippen LogP contribution in [0.25, 0.3) is 0 Å². The van der Waals surface area contributed by atoms with Gasteiger partial charge in [0.15, 0.2) is 0 Å². The lowest BCUT2D eigenvalue weighted by Crippen LogP contribution is -2.63. The Labute approximate surface area is 176 Å². The molecule has 6 nitrogen and oxygen atoms in total. The summed E-state index contributed by atoms with van der Waals surface area (Å²) >= 11 is 0. The molecule has 0 bridgehead atoms. The highest BCUT2D eigenvalue weighted by Gasteiger charge is 2.42.